The van der Waals surface area contributed by atoms with Crippen LogP contribution in [-0.4, -0.2) is 32.9 Å². The molecule has 0 radical (unpaired) electrons. The molecular formula is C20H35NO3S2. The first-order valence-corrected chi connectivity index (χ1v) is 13.2. The lowest BCUT2D eigenvalue weighted by Crippen LogP contribution is -2.25. The number of allylic oxidation sites excluding steroid dienone is 4. The minimum Gasteiger partial charge on any atom is -0.355 e. The smallest absolute Gasteiger partial charge is 0.220 e. The third kappa shape index (κ3) is 11.8. The van der Waals surface area contributed by atoms with Crippen LogP contribution >= 0.6 is 10.8 Å². The Morgan fingerprint density at radius 2 is 2.00 bits per heavy atom. The first-order valence-electron chi connectivity index (χ1n) is 9.85. The zero-order chi connectivity index (χ0) is 19.3. The second-order valence-corrected chi connectivity index (χ2v) is 11.6. The molecule has 6 heteroatoms. The van der Waals surface area contributed by atoms with Gasteiger partial charge in [0.15, 0.2) is 8.87 Å². The van der Waals surface area contributed by atoms with Crippen molar-refractivity contribution in [2.75, 3.05) is 18.6 Å². The van der Waals surface area contributed by atoms with E-state index in [4.69, 9.17) is 0 Å². The second kappa shape index (κ2) is 13.4. The molecule has 1 saturated carbocycles. The van der Waals surface area contributed by atoms with Gasteiger partial charge in [0, 0.05) is 25.0 Å². The number of rotatable bonds is 13. The largest absolute Gasteiger partial charge is 0.355 e. The van der Waals surface area contributed by atoms with Crippen LogP contribution in [-0.2, 0) is 13.7 Å². The lowest BCUT2D eigenvalue weighted by atomic mass is 9.92. The predicted molar refractivity (Wildman–Crippen MR) is 113 cm³/mol. The summed E-state index contributed by atoms with van der Waals surface area (Å²) in [4.78, 5) is 11.7. The minimum absolute atomic E-state index is 0.00409. The van der Waals surface area contributed by atoms with Gasteiger partial charge in [-0.25, -0.2) is 8.42 Å². The highest BCUT2D eigenvalue weighted by Gasteiger charge is 2.23. The zero-order valence-corrected chi connectivity index (χ0v) is 17.9. The standard InChI is InChI=1S/C20H35NO3S2/c1-3-4-7-11-18-13-10-14-19(18)12-8-5-6-9-15-20(22)21-16-17-25-26(2,23)24/h5,7-8,11,18-19H,3-4,6,9-10,12-17H2,1-2H3,(H,21,22)/t18-,19-/m0/s1. The molecule has 0 saturated heterocycles. The number of amides is 1. The summed E-state index contributed by atoms with van der Waals surface area (Å²) in [5.41, 5.74) is 0. The molecule has 0 bridgehead atoms. The Bertz CT molecular complexity index is 555. The third-order valence-corrected chi connectivity index (χ3v) is 7.24. The van der Waals surface area contributed by atoms with Crippen LogP contribution in [0.1, 0.15) is 64.7 Å². The highest BCUT2D eigenvalue weighted by Crippen LogP contribution is 2.35. The van der Waals surface area contributed by atoms with E-state index in [1.54, 1.807) is 0 Å². The van der Waals surface area contributed by atoms with Crippen molar-refractivity contribution in [3.8, 4) is 0 Å². The summed E-state index contributed by atoms with van der Waals surface area (Å²) in [5.74, 6) is 1.95. The summed E-state index contributed by atoms with van der Waals surface area (Å²) in [6.07, 6.45) is 20.3. The van der Waals surface area contributed by atoms with Gasteiger partial charge in [0.05, 0.1) is 0 Å². The molecule has 26 heavy (non-hydrogen) atoms. The Labute approximate surface area is 163 Å². The van der Waals surface area contributed by atoms with Crippen LogP contribution < -0.4 is 5.32 Å². The van der Waals surface area contributed by atoms with Gasteiger partial charge >= 0.3 is 0 Å². The first kappa shape index (κ1) is 23.3. The molecule has 4 nitrogen and oxygen atoms in total. The van der Waals surface area contributed by atoms with Crippen LogP contribution in [0.25, 0.3) is 0 Å². The van der Waals surface area contributed by atoms with Gasteiger partial charge in [-0.3, -0.25) is 4.79 Å². The number of carbonyl (C=O) groups is 1. The van der Waals surface area contributed by atoms with E-state index in [-0.39, 0.29) is 5.91 Å². The SMILES string of the molecule is CCCC=C[C@H]1CCC[C@@H]1CC=CCCCC(=O)NCCSS(C)(=O)=O. The molecule has 0 heterocycles. The highest BCUT2D eigenvalue weighted by atomic mass is 33.1. The summed E-state index contributed by atoms with van der Waals surface area (Å²) in [6, 6.07) is 0. The van der Waals surface area contributed by atoms with Crippen molar-refractivity contribution in [2.24, 2.45) is 11.8 Å². The topological polar surface area (TPSA) is 63.2 Å². The molecule has 0 unspecified atom stereocenters. The Balaban J connectivity index is 2.09. The Kier molecular flexibility index (Phi) is 12.0. The van der Waals surface area contributed by atoms with Crippen molar-refractivity contribution in [2.45, 2.75) is 64.7 Å². The Morgan fingerprint density at radius 3 is 2.73 bits per heavy atom. The molecule has 1 fully saturated rings. The van der Waals surface area contributed by atoms with E-state index >= 15 is 0 Å². The van der Waals surface area contributed by atoms with Crippen LogP contribution in [0, 0.1) is 11.8 Å². The van der Waals surface area contributed by atoms with Crippen molar-refractivity contribution in [1.82, 2.24) is 5.32 Å². The van der Waals surface area contributed by atoms with E-state index in [1.165, 1.54) is 38.4 Å². The van der Waals surface area contributed by atoms with Crippen LogP contribution in [0.2, 0.25) is 0 Å². The molecule has 0 aromatic rings. The summed E-state index contributed by atoms with van der Waals surface area (Å²) < 4.78 is 21.9. The normalized spacial score (nSPS) is 21.0. The van der Waals surface area contributed by atoms with Gasteiger partial charge in [-0.2, -0.15) is 0 Å². The molecule has 2 atom stereocenters. The van der Waals surface area contributed by atoms with Gasteiger partial charge in [-0.05, 0) is 61.2 Å². The molecule has 1 amide bonds. The fraction of sp³-hybridized carbons (Fsp3) is 0.750. The fourth-order valence-corrected chi connectivity index (χ4v) is 4.94. The molecule has 0 aliphatic heterocycles. The summed E-state index contributed by atoms with van der Waals surface area (Å²) in [6.45, 7) is 2.62. The van der Waals surface area contributed by atoms with Gasteiger partial charge in [0.2, 0.25) is 5.91 Å². The van der Waals surface area contributed by atoms with E-state index in [0.717, 1.165) is 41.9 Å². The quantitative estimate of drug-likeness (QED) is 0.276. The van der Waals surface area contributed by atoms with E-state index in [0.29, 0.717) is 18.7 Å². The third-order valence-electron chi connectivity index (χ3n) is 4.66. The van der Waals surface area contributed by atoms with Crippen molar-refractivity contribution in [3.05, 3.63) is 24.3 Å². The Hall–Kier alpha value is -0.750. The number of nitrogens with one attached hydrogen (secondary N) is 1. The molecule has 0 spiro atoms. The van der Waals surface area contributed by atoms with E-state index in [1.807, 2.05) is 0 Å². The van der Waals surface area contributed by atoms with E-state index in [2.05, 4.69) is 36.5 Å². The zero-order valence-electron chi connectivity index (χ0n) is 16.3. The van der Waals surface area contributed by atoms with Gasteiger partial charge in [0.1, 0.15) is 0 Å². The van der Waals surface area contributed by atoms with Gasteiger partial charge in [-0.1, -0.05) is 44.1 Å². The molecule has 0 aromatic carbocycles. The Morgan fingerprint density at radius 1 is 1.19 bits per heavy atom. The molecule has 1 rings (SSSR count). The van der Waals surface area contributed by atoms with Crippen LogP contribution in [0.5, 0.6) is 0 Å². The minimum atomic E-state index is -3.02. The van der Waals surface area contributed by atoms with Crippen LogP contribution in [0.4, 0.5) is 0 Å². The lowest BCUT2D eigenvalue weighted by Gasteiger charge is -2.13. The lowest BCUT2D eigenvalue weighted by molar-refractivity contribution is -0.121. The number of hydrogen-bond acceptors (Lipinski definition) is 4. The van der Waals surface area contributed by atoms with Crippen molar-refractivity contribution in [1.29, 1.82) is 0 Å². The number of hydrogen-bond donors (Lipinski definition) is 1. The monoisotopic (exact) mass is 401 g/mol. The molecule has 1 aliphatic carbocycles. The number of unbranched alkanes of at least 4 members (excludes halogenated alkanes) is 2. The molecule has 150 valence electrons. The van der Waals surface area contributed by atoms with Crippen molar-refractivity contribution in [3.63, 3.8) is 0 Å². The molecule has 1 aliphatic rings. The summed E-state index contributed by atoms with van der Waals surface area (Å²) >= 11 is 0. The summed E-state index contributed by atoms with van der Waals surface area (Å²) in [7, 11) is -2.15. The maximum absolute atomic E-state index is 11.7. The maximum atomic E-state index is 11.7. The van der Waals surface area contributed by atoms with Crippen molar-refractivity contribution < 1.29 is 13.2 Å². The second-order valence-electron chi connectivity index (χ2n) is 7.05. The number of carbonyl (C=O) groups excluding carboxylic acids is 1. The predicted octanol–water partition coefficient (Wildman–Crippen LogP) is 4.68. The van der Waals surface area contributed by atoms with Gasteiger partial charge < -0.3 is 5.32 Å². The van der Waals surface area contributed by atoms with Crippen LogP contribution in [0.3, 0.4) is 0 Å². The highest BCUT2D eigenvalue weighted by molar-refractivity contribution is 8.71. The molecule has 0 aromatic heterocycles. The van der Waals surface area contributed by atoms with E-state index in [9.17, 15) is 13.2 Å². The van der Waals surface area contributed by atoms with Crippen LogP contribution in [0.15, 0.2) is 24.3 Å². The average Bonchev–Trinajstić information content (AvgIpc) is 3.01. The van der Waals surface area contributed by atoms with Gasteiger partial charge in [-0.15, -0.1) is 0 Å². The molecular weight excluding hydrogens is 366 g/mol. The summed E-state index contributed by atoms with van der Waals surface area (Å²) in [5, 5.41) is 2.77. The average molecular weight is 402 g/mol. The van der Waals surface area contributed by atoms with Crippen molar-refractivity contribution >= 4 is 25.6 Å². The maximum Gasteiger partial charge on any atom is 0.220 e. The first-order chi connectivity index (χ1) is 12.4. The fourth-order valence-electron chi connectivity index (χ4n) is 3.29. The van der Waals surface area contributed by atoms with E-state index < -0.39 is 8.87 Å². The molecule has 1 N–H and O–H groups in total. The van der Waals surface area contributed by atoms with Gasteiger partial charge in [0.25, 0.3) is 0 Å².